The Labute approximate surface area is 144 Å². The standard InChI is InChI=1S/C18H16N4O3/c1-11-16(17(21-25-11)14-7-5-4-6-8-14)15-9-10-19-18(20-15)22(12(2)23)13(3)24/h4-10H,1-3H3. The Bertz CT molecular complexity index is 921. The van der Waals surface area contributed by atoms with Gasteiger partial charge in [0.15, 0.2) is 0 Å². The summed E-state index contributed by atoms with van der Waals surface area (Å²) in [5.41, 5.74) is 2.74. The number of anilines is 1. The topological polar surface area (TPSA) is 89.2 Å². The van der Waals surface area contributed by atoms with E-state index >= 15 is 0 Å². The fraction of sp³-hybridized carbons (Fsp3) is 0.167. The number of aryl methyl sites for hydroxylation is 1. The molecule has 0 atom stereocenters. The molecule has 1 aromatic carbocycles. The van der Waals surface area contributed by atoms with E-state index in [2.05, 4.69) is 15.1 Å². The van der Waals surface area contributed by atoms with Crippen molar-refractivity contribution in [3.8, 4) is 22.5 Å². The largest absolute Gasteiger partial charge is 0.360 e. The van der Waals surface area contributed by atoms with Crippen LogP contribution in [0.1, 0.15) is 19.6 Å². The number of amides is 2. The fourth-order valence-electron chi connectivity index (χ4n) is 2.57. The first kappa shape index (κ1) is 16.5. The average Bonchev–Trinajstić information content (AvgIpc) is 2.97. The maximum atomic E-state index is 11.7. The van der Waals surface area contributed by atoms with Gasteiger partial charge >= 0.3 is 0 Å². The zero-order chi connectivity index (χ0) is 18.0. The van der Waals surface area contributed by atoms with Gasteiger partial charge in [-0.1, -0.05) is 35.5 Å². The molecule has 2 amide bonds. The minimum atomic E-state index is -0.449. The molecule has 0 aliphatic rings. The van der Waals surface area contributed by atoms with Gasteiger partial charge in [0.2, 0.25) is 17.8 Å². The van der Waals surface area contributed by atoms with E-state index in [4.69, 9.17) is 4.52 Å². The van der Waals surface area contributed by atoms with Gasteiger partial charge in [0.1, 0.15) is 11.5 Å². The lowest BCUT2D eigenvalue weighted by Gasteiger charge is -2.15. The van der Waals surface area contributed by atoms with Crippen molar-refractivity contribution >= 4 is 17.8 Å². The third-order valence-corrected chi connectivity index (χ3v) is 3.64. The second-order valence-electron chi connectivity index (χ2n) is 5.44. The summed E-state index contributed by atoms with van der Waals surface area (Å²) in [6, 6.07) is 11.2. The van der Waals surface area contributed by atoms with E-state index in [9.17, 15) is 9.59 Å². The average molecular weight is 336 g/mol. The van der Waals surface area contributed by atoms with Crippen LogP contribution in [0.4, 0.5) is 5.95 Å². The van der Waals surface area contributed by atoms with Crippen LogP contribution in [0.15, 0.2) is 47.1 Å². The highest BCUT2D eigenvalue weighted by Crippen LogP contribution is 2.33. The van der Waals surface area contributed by atoms with Crippen LogP contribution in [-0.4, -0.2) is 26.9 Å². The number of rotatable bonds is 3. The summed E-state index contributed by atoms with van der Waals surface area (Å²) in [6.07, 6.45) is 1.50. The monoisotopic (exact) mass is 336 g/mol. The first-order valence-corrected chi connectivity index (χ1v) is 7.65. The fourth-order valence-corrected chi connectivity index (χ4v) is 2.57. The molecule has 126 valence electrons. The van der Waals surface area contributed by atoms with Crippen LogP contribution in [0.3, 0.4) is 0 Å². The van der Waals surface area contributed by atoms with Gasteiger partial charge < -0.3 is 4.52 Å². The summed E-state index contributed by atoms with van der Waals surface area (Å²) in [6.45, 7) is 4.36. The Kier molecular flexibility index (Phi) is 4.38. The van der Waals surface area contributed by atoms with E-state index in [1.807, 2.05) is 30.3 Å². The molecule has 7 heteroatoms. The van der Waals surface area contributed by atoms with Gasteiger partial charge in [-0.05, 0) is 13.0 Å². The molecule has 0 fully saturated rings. The van der Waals surface area contributed by atoms with Crippen molar-refractivity contribution in [2.24, 2.45) is 0 Å². The number of carbonyl (C=O) groups excluding carboxylic acids is 2. The molecule has 3 aromatic rings. The molecule has 2 aromatic heterocycles. The first-order chi connectivity index (χ1) is 12.0. The SMILES string of the molecule is CC(=O)N(C(C)=O)c1nccc(-c2c(-c3ccccc3)noc2C)n1. The lowest BCUT2D eigenvalue weighted by atomic mass is 10.0. The Hall–Kier alpha value is -3.35. The van der Waals surface area contributed by atoms with Crippen molar-refractivity contribution in [1.29, 1.82) is 0 Å². The van der Waals surface area contributed by atoms with Gasteiger partial charge in [0.25, 0.3) is 0 Å². The van der Waals surface area contributed by atoms with Gasteiger partial charge in [-0.2, -0.15) is 0 Å². The Morgan fingerprint density at radius 2 is 1.72 bits per heavy atom. The van der Waals surface area contributed by atoms with Gasteiger partial charge in [0.05, 0.1) is 11.3 Å². The first-order valence-electron chi connectivity index (χ1n) is 7.65. The predicted octanol–water partition coefficient (Wildman–Crippen LogP) is 3.01. The highest BCUT2D eigenvalue weighted by atomic mass is 16.5. The Balaban J connectivity index is 2.13. The molecule has 0 N–H and O–H groups in total. The van der Waals surface area contributed by atoms with E-state index in [1.165, 1.54) is 20.0 Å². The van der Waals surface area contributed by atoms with Crippen molar-refractivity contribution in [2.45, 2.75) is 20.8 Å². The van der Waals surface area contributed by atoms with Crippen LogP contribution in [-0.2, 0) is 9.59 Å². The number of hydrogen-bond acceptors (Lipinski definition) is 6. The van der Waals surface area contributed by atoms with E-state index in [-0.39, 0.29) is 5.95 Å². The molecule has 0 spiro atoms. The van der Waals surface area contributed by atoms with Crippen molar-refractivity contribution < 1.29 is 14.1 Å². The molecular formula is C18H16N4O3. The minimum absolute atomic E-state index is 0.0251. The van der Waals surface area contributed by atoms with Crippen LogP contribution in [0.5, 0.6) is 0 Å². The van der Waals surface area contributed by atoms with Crippen molar-refractivity contribution in [1.82, 2.24) is 15.1 Å². The summed E-state index contributed by atoms with van der Waals surface area (Å²) >= 11 is 0. The number of benzene rings is 1. The Morgan fingerprint density at radius 1 is 1.04 bits per heavy atom. The van der Waals surface area contributed by atoms with E-state index < -0.39 is 11.8 Å². The smallest absolute Gasteiger partial charge is 0.239 e. The normalized spacial score (nSPS) is 10.5. The summed E-state index contributed by atoms with van der Waals surface area (Å²) in [5, 5.41) is 4.12. The van der Waals surface area contributed by atoms with Crippen LogP contribution in [0, 0.1) is 6.92 Å². The maximum absolute atomic E-state index is 11.7. The highest BCUT2D eigenvalue weighted by Gasteiger charge is 2.22. The summed E-state index contributed by atoms with van der Waals surface area (Å²) in [7, 11) is 0. The van der Waals surface area contributed by atoms with Crippen LogP contribution in [0.25, 0.3) is 22.5 Å². The Morgan fingerprint density at radius 3 is 2.36 bits per heavy atom. The zero-order valence-corrected chi connectivity index (χ0v) is 14.1. The van der Waals surface area contributed by atoms with Gasteiger partial charge in [0, 0.05) is 25.6 Å². The highest BCUT2D eigenvalue weighted by molar-refractivity contribution is 6.11. The van der Waals surface area contributed by atoms with Crippen molar-refractivity contribution in [2.75, 3.05) is 4.90 Å². The van der Waals surface area contributed by atoms with Gasteiger partial charge in [-0.3, -0.25) is 9.59 Å². The van der Waals surface area contributed by atoms with Crippen LogP contribution < -0.4 is 4.90 Å². The maximum Gasteiger partial charge on any atom is 0.239 e. The summed E-state index contributed by atoms with van der Waals surface area (Å²) < 4.78 is 5.34. The number of aromatic nitrogens is 3. The number of nitrogens with zero attached hydrogens (tertiary/aromatic N) is 4. The number of carbonyl (C=O) groups is 2. The molecule has 0 saturated heterocycles. The second kappa shape index (κ2) is 6.64. The molecule has 0 bridgehead atoms. The predicted molar refractivity (Wildman–Crippen MR) is 91.5 cm³/mol. The molecule has 0 aliphatic heterocycles. The van der Waals surface area contributed by atoms with Crippen LogP contribution >= 0.6 is 0 Å². The molecule has 0 saturated carbocycles. The van der Waals surface area contributed by atoms with Crippen molar-refractivity contribution in [3.05, 3.63) is 48.4 Å². The molecule has 3 rings (SSSR count). The molecule has 7 nitrogen and oxygen atoms in total. The minimum Gasteiger partial charge on any atom is -0.360 e. The lowest BCUT2D eigenvalue weighted by Crippen LogP contribution is -2.34. The lowest BCUT2D eigenvalue weighted by molar-refractivity contribution is -0.124. The van der Waals surface area contributed by atoms with E-state index in [1.54, 1.807) is 13.0 Å². The molecular weight excluding hydrogens is 320 g/mol. The third-order valence-electron chi connectivity index (χ3n) is 3.64. The van der Waals surface area contributed by atoms with E-state index in [0.717, 1.165) is 10.5 Å². The van der Waals surface area contributed by atoms with Crippen LogP contribution in [0.2, 0.25) is 0 Å². The van der Waals surface area contributed by atoms with Gasteiger partial charge in [-0.25, -0.2) is 14.9 Å². The number of imide groups is 1. The van der Waals surface area contributed by atoms with E-state index in [0.29, 0.717) is 22.7 Å². The third kappa shape index (κ3) is 3.16. The molecule has 0 aliphatic carbocycles. The quantitative estimate of drug-likeness (QED) is 0.730. The molecule has 0 radical (unpaired) electrons. The molecule has 25 heavy (non-hydrogen) atoms. The molecule has 0 unspecified atom stereocenters. The summed E-state index contributed by atoms with van der Waals surface area (Å²) in [4.78, 5) is 32.8. The van der Waals surface area contributed by atoms with Crippen molar-refractivity contribution in [3.63, 3.8) is 0 Å². The number of hydrogen-bond donors (Lipinski definition) is 0. The second-order valence-corrected chi connectivity index (χ2v) is 5.44. The van der Waals surface area contributed by atoms with Gasteiger partial charge in [-0.15, -0.1) is 0 Å². The zero-order valence-electron chi connectivity index (χ0n) is 14.1. The molecule has 2 heterocycles. The summed E-state index contributed by atoms with van der Waals surface area (Å²) in [5.74, 6) is -0.289.